The zero-order valence-corrected chi connectivity index (χ0v) is 15.8. The van der Waals surface area contributed by atoms with E-state index in [0.29, 0.717) is 10.7 Å². The van der Waals surface area contributed by atoms with E-state index < -0.39 is 18.0 Å². The smallest absolute Gasteiger partial charge is 0.331 e. The van der Waals surface area contributed by atoms with Gasteiger partial charge in [0.2, 0.25) is 0 Å². The lowest BCUT2D eigenvalue weighted by atomic mass is 10.2. The first-order chi connectivity index (χ1) is 13.5. The number of esters is 1. The number of benzene rings is 2. The first-order valence-corrected chi connectivity index (χ1v) is 9.35. The molecule has 0 fully saturated rings. The number of nitrogens with zero attached hydrogens (tertiary/aromatic N) is 1. The number of rotatable bonds is 6. The van der Waals surface area contributed by atoms with E-state index in [1.165, 1.54) is 54.7 Å². The van der Waals surface area contributed by atoms with Crippen molar-refractivity contribution < 1.29 is 18.7 Å². The van der Waals surface area contributed by atoms with Gasteiger partial charge < -0.3 is 4.74 Å². The van der Waals surface area contributed by atoms with Crippen LogP contribution in [0, 0.1) is 5.82 Å². The van der Waals surface area contributed by atoms with Gasteiger partial charge in [0.1, 0.15) is 5.82 Å². The van der Waals surface area contributed by atoms with Crippen LogP contribution in [0.5, 0.6) is 0 Å². The molecular formula is C21H17FN2O3S. The van der Waals surface area contributed by atoms with Crippen LogP contribution in [0.25, 0.3) is 17.3 Å². The second kappa shape index (κ2) is 9.05. The average molecular weight is 396 g/mol. The zero-order valence-electron chi connectivity index (χ0n) is 15.0. The number of hydrogen-bond donors (Lipinski definition) is 1. The van der Waals surface area contributed by atoms with Crippen LogP contribution >= 0.6 is 11.3 Å². The van der Waals surface area contributed by atoms with Gasteiger partial charge in [0.15, 0.2) is 11.2 Å². The predicted molar refractivity (Wildman–Crippen MR) is 107 cm³/mol. The highest BCUT2D eigenvalue weighted by Gasteiger charge is 2.18. The van der Waals surface area contributed by atoms with Crippen LogP contribution in [0.2, 0.25) is 0 Å². The molecular weight excluding hydrogens is 379 g/mol. The molecule has 1 N–H and O–H groups in total. The largest absolute Gasteiger partial charge is 0.449 e. The second-order valence-electron chi connectivity index (χ2n) is 5.86. The molecule has 0 aliphatic heterocycles. The van der Waals surface area contributed by atoms with Gasteiger partial charge in [-0.25, -0.2) is 14.2 Å². The lowest BCUT2D eigenvalue weighted by Crippen LogP contribution is -2.29. The third-order valence-corrected chi connectivity index (χ3v) is 4.51. The molecule has 0 saturated heterocycles. The van der Waals surface area contributed by atoms with Crippen molar-refractivity contribution in [3.05, 3.63) is 77.4 Å². The van der Waals surface area contributed by atoms with Gasteiger partial charge in [-0.3, -0.25) is 10.1 Å². The average Bonchev–Trinajstić information content (AvgIpc) is 3.16. The fourth-order valence-corrected chi connectivity index (χ4v) is 3.01. The molecule has 0 spiro atoms. The molecule has 1 atom stereocenters. The molecule has 0 bridgehead atoms. The normalized spacial score (nSPS) is 11.9. The van der Waals surface area contributed by atoms with Gasteiger partial charge in [-0.15, -0.1) is 11.3 Å². The van der Waals surface area contributed by atoms with E-state index in [2.05, 4.69) is 10.3 Å². The van der Waals surface area contributed by atoms with Gasteiger partial charge in [0.25, 0.3) is 5.91 Å². The van der Waals surface area contributed by atoms with Crippen molar-refractivity contribution in [1.29, 1.82) is 0 Å². The zero-order chi connectivity index (χ0) is 19.9. The number of nitrogens with one attached hydrogen (secondary N) is 1. The molecule has 1 aromatic heterocycles. The molecule has 0 radical (unpaired) electrons. The Kier molecular flexibility index (Phi) is 6.29. The van der Waals surface area contributed by atoms with Crippen molar-refractivity contribution in [1.82, 2.24) is 4.98 Å². The molecule has 3 rings (SSSR count). The van der Waals surface area contributed by atoms with Crippen LogP contribution in [0.3, 0.4) is 0 Å². The Morgan fingerprint density at radius 2 is 1.86 bits per heavy atom. The number of hydrogen-bond acceptors (Lipinski definition) is 5. The van der Waals surface area contributed by atoms with E-state index in [9.17, 15) is 14.0 Å². The highest BCUT2D eigenvalue weighted by molar-refractivity contribution is 7.14. The number of thiazole rings is 1. The van der Waals surface area contributed by atoms with Crippen molar-refractivity contribution in [2.45, 2.75) is 13.0 Å². The highest BCUT2D eigenvalue weighted by Crippen LogP contribution is 2.24. The maximum atomic E-state index is 12.9. The molecule has 142 valence electrons. The molecule has 0 aliphatic carbocycles. The lowest BCUT2D eigenvalue weighted by molar-refractivity contribution is -0.148. The Morgan fingerprint density at radius 3 is 2.57 bits per heavy atom. The summed E-state index contributed by atoms with van der Waals surface area (Å²) in [5.41, 5.74) is 2.35. The summed E-state index contributed by atoms with van der Waals surface area (Å²) in [5, 5.41) is 4.91. The predicted octanol–water partition coefficient (Wildman–Crippen LogP) is 4.53. The first-order valence-electron chi connectivity index (χ1n) is 8.47. The van der Waals surface area contributed by atoms with Gasteiger partial charge in [-0.2, -0.15) is 0 Å². The summed E-state index contributed by atoms with van der Waals surface area (Å²) in [6.07, 6.45) is 1.68. The Bertz CT molecular complexity index is 984. The van der Waals surface area contributed by atoms with Crippen molar-refractivity contribution >= 4 is 34.4 Å². The highest BCUT2D eigenvalue weighted by atomic mass is 32.1. The monoisotopic (exact) mass is 396 g/mol. The molecule has 3 aromatic rings. The summed E-state index contributed by atoms with van der Waals surface area (Å²) >= 11 is 1.29. The van der Waals surface area contributed by atoms with E-state index in [0.717, 1.165) is 11.3 Å². The van der Waals surface area contributed by atoms with E-state index >= 15 is 0 Å². The van der Waals surface area contributed by atoms with E-state index in [1.54, 1.807) is 0 Å². The fourth-order valence-electron chi connectivity index (χ4n) is 2.28. The van der Waals surface area contributed by atoms with Crippen molar-refractivity contribution in [3.63, 3.8) is 0 Å². The molecule has 5 nitrogen and oxygen atoms in total. The third kappa shape index (κ3) is 5.34. The number of carbonyl (C=O) groups excluding carboxylic acids is 2. The van der Waals surface area contributed by atoms with Gasteiger partial charge >= 0.3 is 5.97 Å². The molecule has 7 heteroatoms. The molecule has 1 heterocycles. The number of anilines is 1. The SMILES string of the molecule is CC(OC(=O)/C=C/c1ccc(F)cc1)C(=O)Nc1nc(-c2ccccc2)cs1. The third-order valence-electron chi connectivity index (χ3n) is 3.75. The summed E-state index contributed by atoms with van der Waals surface area (Å²) in [4.78, 5) is 28.4. The van der Waals surface area contributed by atoms with Crippen molar-refractivity contribution in [3.8, 4) is 11.3 Å². The van der Waals surface area contributed by atoms with Crippen LogP contribution in [-0.4, -0.2) is 23.0 Å². The van der Waals surface area contributed by atoms with Crippen LogP contribution in [0.1, 0.15) is 12.5 Å². The van der Waals surface area contributed by atoms with Crippen LogP contribution in [0.4, 0.5) is 9.52 Å². The maximum absolute atomic E-state index is 12.9. The Balaban J connectivity index is 1.53. The maximum Gasteiger partial charge on any atom is 0.331 e. The fraction of sp³-hybridized carbons (Fsp3) is 0.0952. The topological polar surface area (TPSA) is 68.3 Å². The Morgan fingerprint density at radius 1 is 1.14 bits per heavy atom. The van der Waals surface area contributed by atoms with Crippen LogP contribution in [0.15, 0.2) is 66.1 Å². The van der Waals surface area contributed by atoms with Crippen LogP contribution in [-0.2, 0) is 14.3 Å². The standard InChI is InChI=1S/C21H17FN2O3S/c1-14(27-19(25)12-9-15-7-10-17(22)11-8-15)20(26)24-21-23-18(13-28-21)16-5-3-2-4-6-16/h2-14H,1H3,(H,23,24,26)/b12-9+. The summed E-state index contributed by atoms with van der Waals surface area (Å²) in [5.74, 6) is -1.50. The molecule has 1 unspecified atom stereocenters. The molecule has 2 aromatic carbocycles. The van der Waals surface area contributed by atoms with Gasteiger partial charge in [-0.1, -0.05) is 42.5 Å². The van der Waals surface area contributed by atoms with Gasteiger partial charge in [0.05, 0.1) is 5.69 Å². The van der Waals surface area contributed by atoms with Gasteiger partial charge in [0, 0.05) is 17.0 Å². The second-order valence-corrected chi connectivity index (χ2v) is 6.72. The van der Waals surface area contributed by atoms with E-state index in [4.69, 9.17) is 4.74 Å². The Hall–Kier alpha value is -3.32. The number of carbonyl (C=O) groups is 2. The molecule has 28 heavy (non-hydrogen) atoms. The number of amides is 1. The van der Waals surface area contributed by atoms with Crippen molar-refractivity contribution in [2.24, 2.45) is 0 Å². The van der Waals surface area contributed by atoms with Crippen LogP contribution < -0.4 is 5.32 Å². The minimum absolute atomic E-state index is 0.359. The van der Waals surface area contributed by atoms with Crippen molar-refractivity contribution in [2.75, 3.05) is 5.32 Å². The summed E-state index contributed by atoms with van der Waals surface area (Å²) in [6.45, 7) is 1.48. The number of ether oxygens (including phenoxy) is 1. The molecule has 1 amide bonds. The van der Waals surface area contributed by atoms with Gasteiger partial charge in [-0.05, 0) is 30.7 Å². The molecule has 0 saturated carbocycles. The Labute approximate surface area is 165 Å². The quantitative estimate of drug-likeness (QED) is 0.491. The van der Waals surface area contributed by atoms with E-state index in [-0.39, 0.29) is 5.82 Å². The summed E-state index contributed by atoms with van der Waals surface area (Å²) in [7, 11) is 0. The minimum atomic E-state index is -0.991. The lowest BCUT2D eigenvalue weighted by Gasteiger charge is -2.10. The van der Waals surface area contributed by atoms with E-state index in [1.807, 2.05) is 35.7 Å². The summed E-state index contributed by atoms with van der Waals surface area (Å²) < 4.78 is 17.9. The minimum Gasteiger partial charge on any atom is -0.449 e. The number of aromatic nitrogens is 1. The first kappa shape index (κ1) is 19.4. The summed E-state index contributed by atoms with van der Waals surface area (Å²) in [6, 6.07) is 15.2. The molecule has 0 aliphatic rings. The number of halogens is 1.